The smallest absolute Gasteiger partial charge is 0.256 e. The number of benzene rings is 2. The maximum absolute atomic E-state index is 11.9. The van der Waals surface area contributed by atoms with Crippen molar-refractivity contribution in [1.82, 2.24) is 0 Å². The van der Waals surface area contributed by atoms with Gasteiger partial charge >= 0.3 is 0 Å². The van der Waals surface area contributed by atoms with E-state index in [4.69, 9.17) is 0 Å². The highest BCUT2D eigenvalue weighted by atomic mass is 79.9. The Morgan fingerprint density at radius 2 is 1.72 bits per heavy atom. The van der Waals surface area contributed by atoms with Gasteiger partial charge in [0.1, 0.15) is 0 Å². The molecule has 1 heterocycles. The number of halogens is 1. The molecule has 1 aliphatic rings. The minimum atomic E-state index is -0.0425. The van der Waals surface area contributed by atoms with Gasteiger partial charge in [-0.25, -0.2) is 0 Å². The Hall–Kier alpha value is -1.87. The minimum Gasteiger partial charge on any atom is -0.321 e. The maximum atomic E-state index is 11.9. The molecule has 1 aliphatic heterocycles. The maximum Gasteiger partial charge on any atom is 0.256 e. The van der Waals surface area contributed by atoms with Crippen LogP contribution in [0.25, 0.3) is 11.6 Å². The Labute approximate surface area is 113 Å². The highest BCUT2D eigenvalue weighted by Gasteiger charge is 2.22. The van der Waals surface area contributed by atoms with Crippen LogP contribution in [-0.2, 0) is 4.79 Å². The molecule has 0 saturated heterocycles. The average molecular weight is 300 g/mol. The van der Waals surface area contributed by atoms with Crippen molar-refractivity contribution < 1.29 is 4.79 Å². The molecule has 3 rings (SSSR count). The summed E-state index contributed by atoms with van der Waals surface area (Å²) in [7, 11) is 0. The van der Waals surface area contributed by atoms with Gasteiger partial charge in [-0.1, -0.05) is 46.3 Å². The minimum absolute atomic E-state index is 0.0425. The van der Waals surface area contributed by atoms with Crippen molar-refractivity contribution >= 4 is 39.2 Å². The van der Waals surface area contributed by atoms with Gasteiger partial charge in [0, 0.05) is 21.3 Å². The second kappa shape index (κ2) is 4.42. The fourth-order valence-corrected chi connectivity index (χ4v) is 2.27. The fraction of sp³-hybridized carbons (Fsp3) is 0. The third-order valence-corrected chi connectivity index (χ3v) is 3.42. The molecule has 18 heavy (non-hydrogen) atoms. The Bertz CT molecular complexity index is 644. The summed E-state index contributed by atoms with van der Waals surface area (Å²) in [5.74, 6) is -0.0425. The number of nitrogens with one attached hydrogen (secondary N) is 1. The van der Waals surface area contributed by atoms with Crippen LogP contribution in [0.1, 0.15) is 11.1 Å². The van der Waals surface area contributed by atoms with Crippen molar-refractivity contribution in [3.63, 3.8) is 0 Å². The van der Waals surface area contributed by atoms with Gasteiger partial charge < -0.3 is 5.32 Å². The first-order valence-corrected chi connectivity index (χ1v) is 6.41. The zero-order valence-electron chi connectivity index (χ0n) is 9.48. The van der Waals surface area contributed by atoms with E-state index >= 15 is 0 Å². The molecule has 2 aromatic carbocycles. The molecule has 0 saturated carbocycles. The van der Waals surface area contributed by atoms with Gasteiger partial charge in [-0.3, -0.25) is 4.79 Å². The second-order valence-electron chi connectivity index (χ2n) is 4.11. The van der Waals surface area contributed by atoms with E-state index in [1.807, 2.05) is 54.6 Å². The monoisotopic (exact) mass is 299 g/mol. The SMILES string of the molecule is O=C1Nc2ccccc2/C1=C/c1ccc(Br)cc1. The quantitative estimate of drug-likeness (QED) is 0.794. The molecule has 0 aliphatic carbocycles. The first kappa shape index (κ1) is 11.2. The number of hydrogen-bond donors (Lipinski definition) is 1. The summed E-state index contributed by atoms with van der Waals surface area (Å²) in [6.07, 6.45) is 1.91. The molecule has 0 bridgehead atoms. The van der Waals surface area contributed by atoms with Crippen LogP contribution in [0.3, 0.4) is 0 Å². The third kappa shape index (κ3) is 1.97. The molecule has 88 valence electrons. The van der Waals surface area contributed by atoms with Crippen molar-refractivity contribution in [2.45, 2.75) is 0 Å². The van der Waals surface area contributed by atoms with Crippen molar-refractivity contribution in [3.05, 3.63) is 64.1 Å². The highest BCUT2D eigenvalue weighted by molar-refractivity contribution is 9.10. The topological polar surface area (TPSA) is 29.1 Å². The number of anilines is 1. The number of fused-ring (bicyclic) bond motifs is 1. The van der Waals surface area contributed by atoms with E-state index in [0.717, 1.165) is 21.3 Å². The molecule has 2 aromatic rings. The van der Waals surface area contributed by atoms with Gasteiger partial charge in [0.25, 0.3) is 5.91 Å². The summed E-state index contributed by atoms with van der Waals surface area (Å²) >= 11 is 3.40. The molecule has 0 aromatic heterocycles. The van der Waals surface area contributed by atoms with E-state index in [-0.39, 0.29) is 5.91 Å². The summed E-state index contributed by atoms with van der Waals surface area (Å²) < 4.78 is 1.03. The van der Waals surface area contributed by atoms with Crippen LogP contribution in [0.4, 0.5) is 5.69 Å². The summed E-state index contributed by atoms with van der Waals surface area (Å²) in [5, 5.41) is 2.86. The first-order chi connectivity index (χ1) is 8.74. The zero-order valence-corrected chi connectivity index (χ0v) is 11.1. The largest absolute Gasteiger partial charge is 0.321 e. The van der Waals surface area contributed by atoms with Crippen LogP contribution in [0.5, 0.6) is 0 Å². The van der Waals surface area contributed by atoms with Gasteiger partial charge in [0.05, 0.1) is 0 Å². The summed E-state index contributed by atoms with van der Waals surface area (Å²) in [4.78, 5) is 11.9. The van der Waals surface area contributed by atoms with Crippen LogP contribution in [0, 0.1) is 0 Å². The second-order valence-corrected chi connectivity index (χ2v) is 5.02. The van der Waals surface area contributed by atoms with Crippen LogP contribution in [-0.4, -0.2) is 5.91 Å². The third-order valence-electron chi connectivity index (χ3n) is 2.89. The first-order valence-electron chi connectivity index (χ1n) is 5.62. The van der Waals surface area contributed by atoms with Crippen molar-refractivity contribution in [2.24, 2.45) is 0 Å². The van der Waals surface area contributed by atoms with E-state index in [2.05, 4.69) is 21.2 Å². The molecule has 0 radical (unpaired) electrons. The lowest BCUT2D eigenvalue weighted by atomic mass is 10.0. The predicted octanol–water partition coefficient (Wildman–Crippen LogP) is 3.94. The van der Waals surface area contributed by atoms with Crippen molar-refractivity contribution in [3.8, 4) is 0 Å². The van der Waals surface area contributed by atoms with Crippen molar-refractivity contribution in [2.75, 3.05) is 5.32 Å². The molecular formula is C15H10BrNO. The lowest BCUT2D eigenvalue weighted by molar-refractivity contribution is -0.110. The molecule has 0 spiro atoms. The number of rotatable bonds is 1. The zero-order chi connectivity index (χ0) is 12.5. The Balaban J connectivity index is 2.07. The Kier molecular flexibility index (Phi) is 2.76. The highest BCUT2D eigenvalue weighted by Crippen LogP contribution is 2.32. The average Bonchev–Trinajstić information content (AvgIpc) is 2.69. The fourth-order valence-electron chi connectivity index (χ4n) is 2.01. The van der Waals surface area contributed by atoms with Crippen molar-refractivity contribution in [1.29, 1.82) is 0 Å². The molecule has 1 N–H and O–H groups in total. The van der Waals surface area contributed by atoms with Crippen LogP contribution in [0.2, 0.25) is 0 Å². The molecule has 0 unspecified atom stereocenters. The van der Waals surface area contributed by atoms with Gasteiger partial charge in [-0.15, -0.1) is 0 Å². The van der Waals surface area contributed by atoms with Gasteiger partial charge in [-0.05, 0) is 29.8 Å². The van der Waals surface area contributed by atoms with E-state index in [0.29, 0.717) is 5.57 Å². The number of amides is 1. The van der Waals surface area contributed by atoms with E-state index in [9.17, 15) is 4.79 Å². The summed E-state index contributed by atoms with van der Waals surface area (Å²) in [6, 6.07) is 15.6. The predicted molar refractivity (Wildman–Crippen MR) is 77.1 cm³/mol. The lowest BCUT2D eigenvalue weighted by Gasteiger charge is -1.98. The van der Waals surface area contributed by atoms with E-state index in [1.54, 1.807) is 0 Å². The Morgan fingerprint density at radius 3 is 2.50 bits per heavy atom. The molecule has 0 fully saturated rings. The molecule has 2 nitrogen and oxygen atoms in total. The van der Waals surface area contributed by atoms with Crippen LogP contribution in [0.15, 0.2) is 53.0 Å². The Morgan fingerprint density at radius 1 is 1.00 bits per heavy atom. The van der Waals surface area contributed by atoms with Gasteiger partial charge in [-0.2, -0.15) is 0 Å². The normalized spacial score (nSPS) is 15.6. The van der Waals surface area contributed by atoms with E-state index in [1.165, 1.54) is 0 Å². The summed E-state index contributed by atoms with van der Waals surface area (Å²) in [5.41, 5.74) is 3.57. The summed E-state index contributed by atoms with van der Waals surface area (Å²) in [6.45, 7) is 0. The van der Waals surface area contributed by atoms with Crippen LogP contribution < -0.4 is 5.32 Å². The number of hydrogen-bond acceptors (Lipinski definition) is 1. The number of carbonyl (C=O) groups excluding carboxylic acids is 1. The standard InChI is InChI=1S/C15H10BrNO/c16-11-7-5-10(6-8-11)9-13-12-3-1-2-4-14(12)17-15(13)18/h1-9H,(H,17,18)/b13-9-. The van der Waals surface area contributed by atoms with Gasteiger partial charge in [0.15, 0.2) is 0 Å². The van der Waals surface area contributed by atoms with E-state index < -0.39 is 0 Å². The molecule has 1 amide bonds. The van der Waals surface area contributed by atoms with Crippen LogP contribution >= 0.6 is 15.9 Å². The lowest BCUT2D eigenvalue weighted by Crippen LogP contribution is -2.03. The molecule has 0 atom stereocenters. The number of carbonyl (C=O) groups is 1. The number of para-hydroxylation sites is 1. The molecule has 3 heteroatoms. The van der Waals surface area contributed by atoms with Gasteiger partial charge in [0.2, 0.25) is 0 Å². The molecular weight excluding hydrogens is 290 g/mol.